The number of likely N-dealkylation sites (N-methyl/N-ethyl adjacent to an activating group) is 1. The first-order valence-corrected chi connectivity index (χ1v) is 9.57. The second-order valence-corrected chi connectivity index (χ2v) is 7.40. The second kappa shape index (κ2) is 8.29. The number of benzene rings is 1. The molecule has 1 aromatic carbocycles. The van der Waals surface area contributed by atoms with E-state index in [2.05, 4.69) is 12.4 Å². The number of rotatable bonds is 5. The molecule has 0 aliphatic carbocycles. The first kappa shape index (κ1) is 18.4. The molecule has 136 valence electrons. The molecule has 1 unspecified atom stereocenters. The highest BCUT2D eigenvalue weighted by Crippen LogP contribution is 2.35. The van der Waals surface area contributed by atoms with Crippen LogP contribution in [0.3, 0.4) is 0 Å². The van der Waals surface area contributed by atoms with Crippen LogP contribution in [0.2, 0.25) is 0 Å². The van der Waals surface area contributed by atoms with Crippen molar-refractivity contribution in [2.75, 3.05) is 25.5 Å². The third-order valence-corrected chi connectivity index (χ3v) is 5.45. The van der Waals surface area contributed by atoms with E-state index in [1.54, 1.807) is 13.0 Å². The quantitative estimate of drug-likeness (QED) is 0.625. The van der Waals surface area contributed by atoms with Gasteiger partial charge in [-0.25, -0.2) is 4.79 Å². The number of carbonyl (C=O) groups excluding carboxylic acids is 2. The van der Waals surface area contributed by atoms with Crippen molar-refractivity contribution in [3.63, 3.8) is 0 Å². The van der Waals surface area contributed by atoms with Crippen LogP contribution in [0.15, 0.2) is 36.4 Å². The number of carbonyl (C=O) groups is 2. The first-order valence-electron chi connectivity index (χ1n) is 8.75. The maximum atomic E-state index is 12.4. The van der Waals surface area contributed by atoms with Crippen molar-refractivity contribution in [2.45, 2.75) is 19.9 Å². The first-order chi connectivity index (χ1) is 12.6. The van der Waals surface area contributed by atoms with E-state index in [1.807, 2.05) is 30.3 Å². The van der Waals surface area contributed by atoms with Gasteiger partial charge in [-0.1, -0.05) is 30.3 Å². The summed E-state index contributed by atoms with van der Waals surface area (Å²) in [6, 6.07) is 9.62. The van der Waals surface area contributed by atoms with Gasteiger partial charge in [0.25, 0.3) is 0 Å². The summed E-state index contributed by atoms with van der Waals surface area (Å²) < 4.78 is 5.22. The van der Waals surface area contributed by atoms with E-state index in [0.29, 0.717) is 17.2 Å². The Labute approximate surface area is 157 Å². The number of nitrogens with one attached hydrogen (secondary N) is 2. The number of amides is 1. The van der Waals surface area contributed by atoms with Gasteiger partial charge in [0.15, 0.2) is 0 Å². The lowest BCUT2D eigenvalue weighted by Gasteiger charge is -2.19. The van der Waals surface area contributed by atoms with Gasteiger partial charge in [0.05, 0.1) is 30.6 Å². The molecule has 5 nitrogen and oxygen atoms in total. The van der Waals surface area contributed by atoms with E-state index < -0.39 is 0 Å². The van der Waals surface area contributed by atoms with Crippen molar-refractivity contribution in [3.8, 4) is 0 Å². The molecule has 2 N–H and O–H groups in total. The molecule has 2 heterocycles. The Kier molecular flexibility index (Phi) is 5.85. The van der Waals surface area contributed by atoms with Crippen molar-refractivity contribution in [2.24, 2.45) is 0 Å². The smallest absolute Gasteiger partial charge is 0.341 e. The lowest BCUT2D eigenvalue weighted by Crippen LogP contribution is -3.08. The van der Waals surface area contributed by atoms with Crippen LogP contribution < -0.4 is 10.2 Å². The van der Waals surface area contributed by atoms with Crippen molar-refractivity contribution in [3.05, 3.63) is 58.0 Å². The molecule has 0 saturated carbocycles. The zero-order valence-corrected chi connectivity index (χ0v) is 15.8. The molecule has 1 amide bonds. The van der Waals surface area contributed by atoms with Gasteiger partial charge < -0.3 is 15.0 Å². The number of quaternary nitrogens is 1. The highest BCUT2D eigenvalue weighted by Gasteiger charge is 2.29. The summed E-state index contributed by atoms with van der Waals surface area (Å²) in [5.41, 5.74) is 2.51. The van der Waals surface area contributed by atoms with E-state index in [1.165, 1.54) is 22.3 Å². The lowest BCUT2D eigenvalue weighted by molar-refractivity contribution is -0.895. The van der Waals surface area contributed by atoms with Gasteiger partial charge in [-0.2, -0.15) is 0 Å². The summed E-state index contributed by atoms with van der Waals surface area (Å²) in [7, 11) is 2.13. The molecule has 0 saturated heterocycles. The van der Waals surface area contributed by atoms with Crippen LogP contribution in [0.4, 0.5) is 5.00 Å². The van der Waals surface area contributed by atoms with Crippen LogP contribution in [0.5, 0.6) is 0 Å². The van der Waals surface area contributed by atoms with Gasteiger partial charge in [0, 0.05) is 12.5 Å². The van der Waals surface area contributed by atoms with Crippen molar-refractivity contribution < 1.29 is 19.2 Å². The normalized spacial score (nSPS) is 16.3. The summed E-state index contributed by atoms with van der Waals surface area (Å²) in [5.74, 6) is -0.606. The number of esters is 1. The third kappa shape index (κ3) is 4.20. The molecule has 1 aromatic heterocycles. The zero-order valence-electron chi connectivity index (χ0n) is 15.0. The average molecular weight is 371 g/mol. The third-order valence-electron chi connectivity index (χ3n) is 4.30. The van der Waals surface area contributed by atoms with Crippen molar-refractivity contribution in [1.29, 1.82) is 0 Å². The fourth-order valence-corrected chi connectivity index (χ4v) is 4.37. The minimum absolute atomic E-state index is 0.251. The number of hydrogen-bond acceptors (Lipinski definition) is 4. The SMILES string of the molecule is CCOC(=O)c1c(NC(=O)C=Cc2ccccc2)sc2c1CC[NH+](C)C2. The van der Waals surface area contributed by atoms with Crippen LogP contribution in [-0.4, -0.2) is 32.1 Å². The lowest BCUT2D eigenvalue weighted by atomic mass is 10.0. The van der Waals surface area contributed by atoms with E-state index in [0.717, 1.165) is 35.5 Å². The predicted octanol–water partition coefficient (Wildman–Crippen LogP) is 2.15. The van der Waals surface area contributed by atoms with Crippen LogP contribution >= 0.6 is 11.3 Å². The number of anilines is 1. The van der Waals surface area contributed by atoms with Gasteiger partial charge in [-0.15, -0.1) is 11.3 Å². The van der Waals surface area contributed by atoms with Crippen LogP contribution in [0, 0.1) is 0 Å². The molecule has 1 aliphatic rings. The van der Waals surface area contributed by atoms with Crippen LogP contribution in [-0.2, 0) is 22.5 Å². The zero-order chi connectivity index (χ0) is 18.5. The molecule has 6 heteroatoms. The Morgan fingerprint density at radius 2 is 2.08 bits per heavy atom. The second-order valence-electron chi connectivity index (χ2n) is 6.30. The molecule has 3 rings (SSSR count). The predicted molar refractivity (Wildman–Crippen MR) is 104 cm³/mol. The molecule has 0 fully saturated rings. The molecular formula is C20H23N2O3S+. The average Bonchev–Trinajstić information content (AvgIpc) is 2.98. The standard InChI is InChI=1S/C20H22N2O3S/c1-3-25-20(24)18-15-11-12-22(2)13-16(15)26-19(18)21-17(23)10-9-14-7-5-4-6-8-14/h4-10H,3,11-13H2,1-2H3,(H,21,23)/p+1. The highest BCUT2D eigenvalue weighted by atomic mass is 32.1. The summed E-state index contributed by atoms with van der Waals surface area (Å²) in [4.78, 5) is 27.3. The van der Waals surface area contributed by atoms with Crippen molar-refractivity contribution in [1.82, 2.24) is 0 Å². The Balaban J connectivity index is 1.83. The number of fused-ring (bicyclic) bond motifs is 1. The number of hydrogen-bond donors (Lipinski definition) is 2. The minimum Gasteiger partial charge on any atom is -0.462 e. The van der Waals surface area contributed by atoms with E-state index >= 15 is 0 Å². The van der Waals surface area contributed by atoms with Gasteiger partial charge in [-0.3, -0.25) is 4.79 Å². The van der Waals surface area contributed by atoms with Gasteiger partial charge in [0.2, 0.25) is 5.91 Å². The van der Waals surface area contributed by atoms with E-state index in [9.17, 15) is 9.59 Å². The highest BCUT2D eigenvalue weighted by molar-refractivity contribution is 7.17. The summed E-state index contributed by atoms with van der Waals surface area (Å²) in [6.07, 6.45) is 4.06. The summed E-state index contributed by atoms with van der Waals surface area (Å²) in [6.45, 7) is 3.94. The fraction of sp³-hybridized carbons (Fsp3) is 0.300. The Bertz CT molecular complexity index is 827. The Morgan fingerprint density at radius 1 is 1.31 bits per heavy atom. The molecule has 0 radical (unpaired) electrons. The largest absolute Gasteiger partial charge is 0.462 e. The molecule has 26 heavy (non-hydrogen) atoms. The maximum Gasteiger partial charge on any atom is 0.341 e. The van der Waals surface area contributed by atoms with Gasteiger partial charge >= 0.3 is 5.97 Å². The van der Waals surface area contributed by atoms with E-state index in [4.69, 9.17) is 4.74 Å². The van der Waals surface area contributed by atoms with Gasteiger partial charge in [-0.05, 0) is 24.1 Å². The number of thiophene rings is 1. The molecule has 0 bridgehead atoms. The molecule has 2 aromatic rings. The topological polar surface area (TPSA) is 59.8 Å². The van der Waals surface area contributed by atoms with Crippen LogP contribution in [0.25, 0.3) is 6.08 Å². The fourth-order valence-electron chi connectivity index (χ4n) is 3.02. The molecule has 1 aliphatic heterocycles. The minimum atomic E-state index is -0.355. The van der Waals surface area contributed by atoms with E-state index in [-0.39, 0.29) is 11.9 Å². The summed E-state index contributed by atoms with van der Waals surface area (Å²) >= 11 is 1.48. The molecule has 0 spiro atoms. The molecule has 1 atom stereocenters. The number of ether oxygens (including phenoxy) is 1. The van der Waals surface area contributed by atoms with Gasteiger partial charge in [0.1, 0.15) is 11.5 Å². The van der Waals surface area contributed by atoms with Crippen molar-refractivity contribution >= 4 is 34.3 Å². The molecular weight excluding hydrogens is 348 g/mol. The summed E-state index contributed by atoms with van der Waals surface area (Å²) in [5, 5.41) is 3.46. The Hall–Kier alpha value is -2.44. The Morgan fingerprint density at radius 3 is 2.81 bits per heavy atom. The van der Waals surface area contributed by atoms with Crippen LogP contribution in [0.1, 0.15) is 33.3 Å². The monoisotopic (exact) mass is 371 g/mol. The maximum absolute atomic E-state index is 12.4.